The van der Waals surface area contributed by atoms with Gasteiger partial charge < -0.3 is 15.5 Å². The molecule has 2 atom stereocenters. The molecule has 20 heavy (non-hydrogen) atoms. The molecular weight excluding hydrogens is 248 g/mol. The van der Waals surface area contributed by atoms with Gasteiger partial charge in [-0.25, -0.2) is 0 Å². The molecule has 0 aromatic carbocycles. The summed E-state index contributed by atoms with van der Waals surface area (Å²) < 4.78 is 0. The van der Waals surface area contributed by atoms with Crippen LogP contribution in [0.2, 0.25) is 0 Å². The van der Waals surface area contributed by atoms with Crippen LogP contribution in [0.25, 0.3) is 0 Å². The lowest BCUT2D eigenvalue weighted by atomic mass is 9.93. The molecule has 0 aliphatic carbocycles. The van der Waals surface area contributed by atoms with Crippen LogP contribution in [-0.4, -0.2) is 79.1 Å². The van der Waals surface area contributed by atoms with E-state index >= 15 is 0 Å². The quantitative estimate of drug-likeness (QED) is 0.695. The summed E-state index contributed by atoms with van der Waals surface area (Å²) in [5, 5.41) is 0. The van der Waals surface area contributed by atoms with Crippen molar-refractivity contribution in [2.24, 2.45) is 5.73 Å². The largest absolute Gasteiger partial charge is 0.329 e. The molecule has 0 aromatic heterocycles. The molecule has 1 saturated heterocycles. The summed E-state index contributed by atoms with van der Waals surface area (Å²) in [6.45, 7) is 16.8. The average Bonchev–Trinajstić information content (AvgIpc) is 2.75. The zero-order chi connectivity index (χ0) is 15.2. The highest BCUT2D eigenvalue weighted by atomic mass is 15.3. The highest BCUT2D eigenvalue weighted by Crippen LogP contribution is 2.30. The number of rotatable bonds is 9. The molecule has 0 amide bonds. The monoisotopic (exact) mass is 284 g/mol. The Balaban J connectivity index is 2.56. The smallest absolute Gasteiger partial charge is 0.0473 e. The lowest BCUT2D eigenvalue weighted by Gasteiger charge is -2.40. The maximum absolute atomic E-state index is 6.17. The Kier molecular flexibility index (Phi) is 7.45. The van der Waals surface area contributed by atoms with E-state index in [9.17, 15) is 0 Å². The highest BCUT2D eigenvalue weighted by Gasteiger charge is 2.43. The highest BCUT2D eigenvalue weighted by molar-refractivity contribution is 5.02. The van der Waals surface area contributed by atoms with Gasteiger partial charge in [0, 0.05) is 24.7 Å². The van der Waals surface area contributed by atoms with Crippen molar-refractivity contribution in [2.45, 2.75) is 52.1 Å². The van der Waals surface area contributed by atoms with Gasteiger partial charge in [-0.2, -0.15) is 0 Å². The van der Waals surface area contributed by atoms with E-state index in [-0.39, 0.29) is 5.54 Å². The number of hydrogen-bond acceptors (Lipinski definition) is 4. The molecule has 0 radical (unpaired) electrons. The molecule has 1 aliphatic rings. The molecule has 0 saturated carbocycles. The van der Waals surface area contributed by atoms with Crippen LogP contribution in [0.5, 0.6) is 0 Å². The normalized spacial score (nSPS) is 27.9. The summed E-state index contributed by atoms with van der Waals surface area (Å²) >= 11 is 0. The van der Waals surface area contributed by atoms with Gasteiger partial charge in [0.15, 0.2) is 0 Å². The second kappa shape index (κ2) is 8.32. The predicted molar refractivity (Wildman–Crippen MR) is 88.1 cm³/mol. The van der Waals surface area contributed by atoms with Crippen molar-refractivity contribution in [3.8, 4) is 0 Å². The van der Waals surface area contributed by atoms with E-state index in [2.05, 4.69) is 49.4 Å². The van der Waals surface area contributed by atoms with Crippen molar-refractivity contribution in [3.05, 3.63) is 0 Å². The van der Waals surface area contributed by atoms with Crippen LogP contribution in [-0.2, 0) is 0 Å². The average molecular weight is 284 g/mol. The van der Waals surface area contributed by atoms with E-state index in [1.54, 1.807) is 0 Å². The van der Waals surface area contributed by atoms with Crippen LogP contribution in [0.4, 0.5) is 0 Å². The fourth-order valence-electron chi connectivity index (χ4n) is 3.65. The number of nitrogens with two attached hydrogens (primary N) is 1. The van der Waals surface area contributed by atoms with E-state index in [0.717, 1.165) is 32.7 Å². The summed E-state index contributed by atoms with van der Waals surface area (Å²) in [5.74, 6) is 0. The number of nitrogens with zero attached hydrogens (tertiary/aromatic N) is 3. The first-order valence-electron chi connectivity index (χ1n) is 8.40. The van der Waals surface area contributed by atoms with Crippen molar-refractivity contribution in [1.82, 2.24) is 14.7 Å². The first-order valence-corrected chi connectivity index (χ1v) is 8.40. The Labute approximate surface area is 126 Å². The van der Waals surface area contributed by atoms with Gasteiger partial charge in [0.25, 0.3) is 0 Å². The van der Waals surface area contributed by atoms with Crippen LogP contribution >= 0.6 is 0 Å². The lowest BCUT2D eigenvalue weighted by molar-refractivity contribution is 0.101. The second-order valence-electron chi connectivity index (χ2n) is 6.36. The molecule has 2 N–H and O–H groups in total. The number of likely N-dealkylation sites (tertiary alicyclic amines) is 1. The molecule has 1 aliphatic heterocycles. The predicted octanol–water partition coefficient (Wildman–Crippen LogP) is 1.46. The van der Waals surface area contributed by atoms with Crippen LogP contribution in [0.1, 0.15) is 40.5 Å². The molecular formula is C16H36N4. The molecule has 0 aromatic rings. The lowest BCUT2D eigenvalue weighted by Crippen LogP contribution is -2.56. The molecule has 1 rings (SSSR count). The van der Waals surface area contributed by atoms with Gasteiger partial charge in [-0.05, 0) is 59.5 Å². The van der Waals surface area contributed by atoms with Gasteiger partial charge in [0.2, 0.25) is 0 Å². The Morgan fingerprint density at radius 1 is 1.15 bits per heavy atom. The van der Waals surface area contributed by atoms with Crippen molar-refractivity contribution in [3.63, 3.8) is 0 Å². The molecule has 4 nitrogen and oxygen atoms in total. The van der Waals surface area contributed by atoms with E-state index in [0.29, 0.717) is 6.04 Å². The molecule has 0 bridgehead atoms. The first kappa shape index (κ1) is 17.9. The molecule has 0 spiro atoms. The molecule has 1 fully saturated rings. The fourth-order valence-corrected chi connectivity index (χ4v) is 3.65. The summed E-state index contributed by atoms with van der Waals surface area (Å²) in [6.07, 6.45) is 2.45. The Morgan fingerprint density at radius 2 is 1.80 bits per heavy atom. The minimum absolute atomic E-state index is 0.201. The minimum Gasteiger partial charge on any atom is -0.329 e. The van der Waals surface area contributed by atoms with E-state index < -0.39 is 0 Å². The van der Waals surface area contributed by atoms with Crippen LogP contribution in [0.15, 0.2) is 0 Å². The molecule has 4 heteroatoms. The van der Waals surface area contributed by atoms with Crippen molar-refractivity contribution in [2.75, 3.05) is 52.9 Å². The summed E-state index contributed by atoms with van der Waals surface area (Å²) in [7, 11) is 2.23. The van der Waals surface area contributed by atoms with Gasteiger partial charge >= 0.3 is 0 Å². The Hall–Kier alpha value is -0.160. The van der Waals surface area contributed by atoms with Crippen LogP contribution in [0, 0.1) is 0 Å². The van der Waals surface area contributed by atoms with Gasteiger partial charge in [0.05, 0.1) is 0 Å². The SMILES string of the molecule is CCN(CC)CCCN(CC)C1(CN)CC(C)N(C)C1. The van der Waals surface area contributed by atoms with Gasteiger partial charge in [-0.3, -0.25) is 4.90 Å². The standard InChI is InChI=1S/C16H36N4/c1-6-19(7-2)10-9-11-20(8-3)16(13-17)12-15(4)18(5)14-16/h15H,6-14,17H2,1-5H3. The van der Waals surface area contributed by atoms with Gasteiger partial charge in [-0.15, -0.1) is 0 Å². The van der Waals surface area contributed by atoms with E-state index in [1.807, 2.05) is 0 Å². The van der Waals surface area contributed by atoms with Crippen molar-refractivity contribution >= 4 is 0 Å². The molecule has 120 valence electrons. The van der Waals surface area contributed by atoms with Crippen molar-refractivity contribution < 1.29 is 0 Å². The van der Waals surface area contributed by atoms with Gasteiger partial charge in [-0.1, -0.05) is 20.8 Å². The molecule has 2 unspecified atom stereocenters. The zero-order valence-electron chi connectivity index (χ0n) is 14.4. The molecule has 1 heterocycles. The van der Waals surface area contributed by atoms with Crippen LogP contribution < -0.4 is 5.73 Å². The topological polar surface area (TPSA) is 35.7 Å². The Bertz CT molecular complexity index is 255. The Morgan fingerprint density at radius 3 is 2.20 bits per heavy atom. The summed E-state index contributed by atoms with van der Waals surface area (Å²) in [6, 6.07) is 0.649. The third-order valence-electron chi connectivity index (χ3n) is 5.20. The summed E-state index contributed by atoms with van der Waals surface area (Å²) in [4.78, 5) is 7.60. The first-order chi connectivity index (χ1) is 9.52. The van der Waals surface area contributed by atoms with E-state index in [1.165, 1.54) is 25.9 Å². The third-order valence-corrected chi connectivity index (χ3v) is 5.20. The third kappa shape index (κ3) is 4.17. The fraction of sp³-hybridized carbons (Fsp3) is 1.00. The summed E-state index contributed by atoms with van der Waals surface area (Å²) in [5.41, 5.74) is 6.38. The number of hydrogen-bond donors (Lipinski definition) is 1. The second-order valence-corrected chi connectivity index (χ2v) is 6.36. The van der Waals surface area contributed by atoms with E-state index in [4.69, 9.17) is 5.73 Å². The van der Waals surface area contributed by atoms with Crippen LogP contribution in [0.3, 0.4) is 0 Å². The zero-order valence-corrected chi connectivity index (χ0v) is 14.4. The van der Waals surface area contributed by atoms with Crippen molar-refractivity contribution in [1.29, 1.82) is 0 Å². The maximum Gasteiger partial charge on any atom is 0.0473 e. The number of likely N-dealkylation sites (N-methyl/N-ethyl adjacent to an activating group) is 2. The van der Waals surface area contributed by atoms with Gasteiger partial charge in [0.1, 0.15) is 0 Å². The minimum atomic E-state index is 0.201. The maximum atomic E-state index is 6.17.